The second-order valence-corrected chi connectivity index (χ2v) is 13.8. The molecule has 1 saturated carbocycles. The first kappa shape index (κ1) is 20.5. The maximum absolute atomic E-state index is 12.0. The zero-order valence-corrected chi connectivity index (χ0v) is 16.7. The first-order valence-corrected chi connectivity index (χ1v) is 12.6. The number of carbonyl (C=O) groups excluding carboxylic acids is 1. The summed E-state index contributed by atoms with van der Waals surface area (Å²) in [6.07, 6.45) is 6.33. The highest BCUT2D eigenvalue weighted by Crippen LogP contribution is 2.36. The largest absolute Gasteiger partial charge is 0.450 e. The third-order valence-corrected chi connectivity index (χ3v) is 6.52. The molecule has 0 unspecified atom stereocenters. The van der Waals surface area contributed by atoms with Gasteiger partial charge in [-0.25, -0.2) is 4.79 Å². The van der Waals surface area contributed by atoms with Crippen LogP contribution in [0.4, 0.5) is 4.79 Å². The van der Waals surface area contributed by atoms with Crippen LogP contribution < -0.4 is 5.73 Å². The Balaban J connectivity index is 2.27. The molecule has 1 aliphatic rings. The van der Waals surface area contributed by atoms with Gasteiger partial charge in [-0.15, -0.1) is 0 Å². The summed E-state index contributed by atoms with van der Waals surface area (Å²) in [6, 6.07) is 0.965. The molecule has 0 bridgehead atoms. The summed E-state index contributed by atoms with van der Waals surface area (Å²) in [7, 11) is 2.40. The Kier molecular flexibility index (Phi) is 8.04. The molecule has 1 rings (SSSR count). The number of amides is 1. The second kappa shape index (κ2) is 9.04. The van der Waals surface area contributed by atoms with Crippen molar-refractivity contribution in [2.45, 2.75) is 75.9 Å². The van der Waals surface area contributed by atoms with E-state index in [2.05, 4.69) is 19.6 Å². The normalized spacial score (nSPS) is 18.7. The fraction of sp³-hybridized carbons (Fsp3) is 0.941. The van der Waals surface area contributed by atoms with E-state index in [0.29, 0.717) is 13.2 Å². The molecule has 6 heteroatoms. The molecule has 0 radical (unpaired) electrons. The van der Waals surface area contributed by atoms with E-state index in [1.54, 1.807) is 19.1 Å². The molecular weight excluding hydrogens is 308 g/mol. The number of likely N-dealkylation sites (N-methyl/N-ethyl adjacent to an activating group) is 1. The van der Waals surface area contributed by atoms with E-state index in [-0.39, 0.29) is 17.7 Å². The summed E-state index contributed by atoms with van der Waals surface area (Å²) >= 11 is 0. The molecular formula is C17H36N2O3Si. The van der Waals surface area contributed by atoms with Crippen LogP contribution in [0.2, 0.25) is 25.7 Å². The lowest BCUT2D eigenvalue weighted by Crippen LogP contribution is -2.41. The minimum absolute atomic E-state index is 0.0219. The van der Waals surface area contributed by atoms with Crippen molar-refractivity contribution in [2.24, 2.45) is 5.73 Å². The molecule has 0 spiro atoms. The molecule has 5 nitrogen and oxygen atoms in total. The van der Waals surface area contributed by atoms with Crippen LogP contribution in [0.3, 0.4) is 0 Å². The van der Waals surface area contributed by atoms with Gasteiger partial charge < -0.3 is 20.1 Å². The van der Waals surface area contributed by atoms with Crippen molar-refractivity contribution in [3.8, 4) is 0 Å². The van der Waals surface area contributed by atoms with Gasteiger partial charge in [0.2, 0.25) is 0 Å². The van der Waals surface area contributed by atoms with Crippen molar-refractivity contribution in [1.29, 1.82) is 0 Å². The fourth-order valence-corrected chi connectivity index (χ4v) is 3.81. The number of ether oxygens (including phenoxy) is 2. The van der Waals surface area contributed by atoms with Gasteiger partial charge in [0.05, 0.1) is 12.2 Å². The van der Waals surface area contributed by atoms with Crippen molar-refractivity contribution in [1.82, 2.24) is 4.90 Å². The summed E-state index contributed by atoms with van der Waals surface area (Å²) in [5.41, 5.74) is 6.23. The summed E-state index contributed by atoms with van der Waals surface area (Å²) < 4.78 is 11.1. The monoisotopic (exact) mass is 344 g/mol. The molecule has 0 aliphatic heterocycles. The van der Waals surface area contributed by atoms with Crippen LogP contribution in [0, 0.1) is 0 Å². The number of nitrogens with zero attached hydrogens (tertiary/aromatic N) is 1. The third-order valence-electron chi connectivity index (χ3n) is 4.82. The van der Waals surface area contributed by atoms with Crippen LogP contribution in [0.15, 0.2) is 0 Å². The second-order valence-electron chi connectivity index (χ2n) is 8.20. The number of carbonyl (C=O) groups is 1. The number of nitrogens with two attached hydrogens (primary N) is 1. The van der Waals surface area contributed by atoms with Crippen molar-refractivity contribution >= 4 is 14.2 Å². The minimum atomic E-state index is -1.17. The summed E-state index contributed by atoms with van der Waals surface area (Å²) in [5.74, 6) is 0. The fourth-order valence-electron chi connectivity index (χ4n) is 3.10. The Labute approximate surface area is 142 Å². The van der Waals surface area contributed by atoms with Crippen LogP contribution in [0.5, 0.6) is 0 Å². The molecule has 136 valence electrons. The van der Waals surface area contributed by atoms with E-state index in [9.17, 15) is 4.79 Å². The van der Waals surface area contributed by atoms with Gasteiger partial charge in [-0.2, -0.15) is 0 Å². The summed E-state index contributed by atoms with van der Waals surface area (Å²) in [5, 5.41) is 0. The van der Waals surface area contributed by atoms with Crippen molar-refractivity contribution in [2.75, 3.05) is 27.3 Å². The van der Waals surface area contributed by atoms with Crippen LogP contribution >= 0.6 is 0 Å². The van der Waals surface area contributed by atoms with Gasteiger partial charge >= 0.3 is 6.09 Å². The maximum atomic E-state index is 12.0. The molecule has 23 heavy (non-hydrogen) atoms. The number of rotatable bonds is 9. The van der Waals surface area contributed by atoms with Gasteiger partial charge in [0.15, 0.2) is 0 Å². The predicted octanol–water partition coefficient (Wildman–Crippen LogP) is 3.46. The minimum Gasteiger partial charge on any atom is -0.450 e. The molecule has 0 aromatic rings. The van der Waals surface area contributed by atoms with Gasteiger partial charge in [0.25, 0.3) is 0 Å². The number of hydrogen-bond donors (Lipinski definition) is 1. The number of methoxy groups -OCH3 is 1. The SMILES string of the molecule is COC1(CC[C@H](N)CN(C)C(=O)OCC[Si](C)(C)C)CCCC1. The lowest BCUT2D eigenvalue weighted by Gasteiger charge is -2.29. The topological polar surface area (TPSA) is 64.8 Å². The Morgan fingerprint density at radius 3 is 2.43 bits per heavy atom. The highest BCUT2D eigenvalue weighted by Gasteiger charge is 2.33. The molecule has 1 amide bonds. The average Bonchev–Trinajstić information content (AvgIpc) is 2.93. The Morgan fingerprint density at radius 2 is 1.91 bits per heavy atom. The van der Waals surface area contributed by atoms with E-state index < -0.39 is 8.07 Å². The first-order chi connectivity index (χ1) is 10.7. The van der Waals surface area contributed by atoms with Gasteiger partial charge in [-0.1, -0.05) is 32.5 Å². The van der Waals surface area contributed by atoms with E-state index in [0.717, 1.165) is 31.7 Å². The van der Waals surface area contributed by atoms with Gasteiger partial charge in [0, 0.05) is 34.8 Å². The summed E-state index contributed by atoms with van der Waals surface area (Å²) in [4.78, 5) is 13.6. The van der Waals surface area contributed by atoms with Crippen LogP contribution in [-0.2, 0) is 9.47 Å². The van der Waals surface area contributed by atoms with Gasteiger partial charge in [-0.05, 0) is 31.7 Å². The highest BCUT2D eigenvalue weighted by atomic mass is 28.3. The highest BCUT2D eigenvalue weighted by molar-refractivity contribution is 6.76. The molecule has 0 heterocycles. The zero-order chi connectivity index (χ0) is 17.5. The quantitative estimate of drug-likeness (QED) is 0.651. The lowest BCUT2D eigenvalue weighted by atomic mass is 9.93. The van der Waals surface area contributed by atoms with Crippen LogP contribution in [-0.4, -0.2) is 58.0 Å². The Bertz CT molecular complexity index is 365. The van der Waals surface area contributed by atoms with Gasteiger partial charge in [-0.3, -0.25) is 0 Å². The molecule has 0 saturated heterocycles. The van der Waals surface area contributed by atoms with Crippen LogP contribution in [0.1, 0.15) is 38.5 Å². The van der Waals surface area contributed by atoms with E-state index in [1.807, 2.05) is 0 Å². The van der Waals surface area contributed by atoms with Crippen LogP contribution in [0.25, 0.3) is 0 Å². The molecule has 1 atom stereocenters. The third kappa shape index (κ3) is 7.68. The van der Waals surface area contributed by atoms with Crippen molar-refractivity contribution < 1.29 is 14.3 Å². The summed E-state index contributed by atoms with van der Waals surface area (Å²) in [6.45, 7) is 7.87. The Hall–Kier alpha value is -0.593. The molecule has 1 aliphatic carbocycles. The zero-order valence-electron chi connectivity index (χ0n) is 15.7. The van der Waals surface area contributed by atoms with Crippen molar-refractivity contribution in [3.05, 3.63) is 0 Å². The molecule has 0 aromatic carbocycles. The van der Waals surface area contributed by atoms with Gasteiger partial charge in [0.1, 0.15) is 0 Å². The average molecular weight is 345 g/mol. The van der Waals surface area contributed by atoms with E-state index >= 15 is 0 Å². The molecule has 1 fully saturated rings. The number of hydrogen-bond acceptors (Lipinski definition) is 4. The lowest BCUT2D eigenvalue weighted by molar-refractivity contribution is -0.0144. The molecule has 2 N–H and O–H groups in total. The standard InChI is InChI=1S/C17H36N2O3Si/c1-19(16(20)22-12-13-23(3,4)5)14-15(18)8-11-17(21-2)9-6-7-10-17/h15H,6-14,18H2,1-5H3/t15-/m0/s1. The van der Waals surface area contributed by atoms with E-state index in [4.69, 9.17) is 15.2 Å². The Morgan fingerprint density at radius 1 is 1.30 bits per heavy atom. The maximum Gasteiger partial charge on any atom is 0.409 e. The van der Waals surface area contributed by atoms with E-state index in [1.165, 1.54) is 12.8 Å². The first-order valence-electron chi connectivity index (χ1n) is 8.86. The smallest absolute Gasteiger partial charge is 0.409 e. The predicted molar refractivity (Wildman–Crippen MR) is 97.5 cm³/mol. The molecule has 0 aromatic heterocycles. The van der Waals surface area contributed by atoms with Crippen molar-refractivity contribution in [3.63, 3.8) is 0 Å².